The second kappa shape index (κ2) is 7.07. The summed E-state index contributed by atoms with van der Waals surface area (Å²) in [4.78, 5) is 24.7. The molecule has 5 nitrogen and oxygen atoms in total. The Morgan fingerprint density at radius 2 is 1.85 bits per heavy atom. The lowest BCUT2D eigenvalue weighted by atomic mass is 9.65. The van der Waals surface area contributed by atoms with E-state index in [2.05, 4.69) is 10.6 Å². The Morgan fingerprint density at radius 1 is 1.20 bits per heavy atom. The highest BCUT2D eigenvalue weighted by atomic mass is 16.2. The number of nitrogens with one attached hydrogen (secondary N) is 2. The van der Waals surface area contributed by atoms with E-state index >= 15 is 0 Å². The van der Waals surface area contributed by atoms with Gasteiger partial charge in [0.1, 0.15) is 0 Å². The summed E-state index contributed by atoms with van der Waals surface area (Å²) in [6, 6.07) is 0. The molecule has 1 aliphatic heterocycles. The van der Waals surface area contributed by atoms with Crippen LogP contribution in [0.1, 0.15) is 38.5 Å². The van der Waals surface area contributed by atoms with E-state index in [1.54, 1.807) is 0 Å². The molecule has 0 aromatic rings. The van der Waals surface area contributed by atoms with Crippen molar-refractivity contribution in [3.8, 4) is 0 Å². The zero-order chi connectivity index (χ0) is 14.4. The van der Waals surface area contributed by atoms with Crippen LogP contribution in [-0.4, -0.2) is 50.4 Å². The van der Waals surface area contributed by atoms with Crippen molar-refractivity contribution in [2.75, 3.05) is 33.2 Å². The van der Waals surface area contributed by atoms with Crippen molar-refractivity contribution in [2.45, 2.75) is 38.5 Å². The van der Waals surface area contributed by atoms with Crippen LogP contribution in [0.4, 0.5) is 0 Å². The average molecular weight is 281 g/mol. The number of likely N-dealkylation sites (N-methyl/N-ethyl adjacent to an activating group) is 1. The topological polar surface area (TPSA) is 61.4 Å². The molecule has 0 aromatic carbocycles. The summed E-state index contributed by atoms with van der Waals surface area (Å²) in [5.41, 5.74) is 0.404. The van der Waals surface area contributed by atoms with Gasteiger partial charge in [0.05, 0.1) is 0 Å². The molecule has 0 bridgehead atoms. The summed E-state index contributed by atoms with van der Waals surface area (Å²) in [6.45, 7) is 3.32. The molecule has 1 spiro atoms. The van der Waals surface area contributed by atoms with Gasteiger partial charge in [-0.15, -0.1) is 0 Å². The van der Waals surface area contributed by atoms with Gasteiger partial charge >= 0.3 is 0 Å². The highest BCUT2D eigenvalue weighted by Gasteiger charge is 2.39. The smallest absolute Gasteiger partial charge is 0.223 e. The number of hydrogen-bond acceptors (Lipinski definition) is 3. The molecule has 0 radical (unpaired) electrons. The van der Waals surface area contributed by atoms with Gasteiger partial charge in [-0.05, 0) is 51.0 Å². The third-order valence-corrected chi connectivity index (χ3v) is 5.10. The number of hydrogen-bond donors (Lipinski definition) is 2. The van der Waals surface area contributed by atoms with Gasteiger partial charge in [0.15, 0.2) is 0 Å². The van der Waals surface area contributed by atoms with Crippen molar-refractivity contribution in [1.29, 1.82) is 0 Å². The van der Waals surface area contributed by atoms with E-state index in [1.165, 1.54) is 0 Å². The van der Waals surface area contributed by atoms with Gasteiger partial charge in [-0.3, -0.25) is 9.59 Å². The van der Waals surface area contributed by atoms with Gasteiger partial charge in [-0.25, -0.2) is 0 Å². The summed E-state index contributed by atoms with van der Waals surface area (Å²) < 4.78 is 0. The van der Waals surface area contributed by atoms with Gasteiger partial charge in [0.25, 0.3) is 0 Å². The fraction of sp³-hybridized carbons (Fsp3) is 0.867. The fourth-order valence-electron chi connectivity index (χ4n) is 3.55. The second-order valence-electron chi connectivity index (χ2n) is 6.31. The van der Waals surface area contributed by atoms with Crippen LogP contribution in [0.3, 0.4) is 0 Å². The zero-order valence-electron chi connectivity index (χ0n) is 12.5. The number of carbonyl (C=O) groups is 2. The summed E-state index contributed by atoms with van der Waals surface area (Å²) in [6.07, 6.45) is 7.49. The number of carbonyl (C=O) groups excluding carboxylic acids is 2. The Hall–Kier alpha value is -1.10. The number of nitrogens with zero attached hydrogens (tertiary/aromatic N) is 1. The minimum Gasteiger partial charge on any atom is -0.355 e. The summed E-state index contributed by atoms with van der Waals surface area (Å²) in [7, 11) is 1.89. The fourth-order valence-corrected chi connectivity index (χ4v) is 3.55. The van der Waals surface area contributed by atoms with E-state index in [9.17, 15) is 9.59 Å². The lowest BCUT2D eigenvalue weighted by Crippen LogP contribution is -2.43. The second-order valence-corrected chi connectivity index (χ2v) is 6.31. The Kier molecular flexibility index (Phi) is 5.40. The van der Waals surface area contributed by atoms with Crippen LogP contribution < -0.4 is 10.6 Å². The maximum atomic E-state index is 12.0. The van der Waals surface area contributed by atoms with Crippen molar-refractivity contribution < 1.29 is 9.59 Å². The molecule has 1 saturated carbocycles. The highest BCUT2D eigenvalue weighted by Crippen LogP contribution is 2.46. The summed E-state index contributed by atoms with van der Waals surface area (Å²) >= 11 is 0. The van der Waals surface area contributed by atoms with Crippen molar-refractivity contribution in [3.05, 3.63) is 0 Å². The maximum Gasteiger partial charge on any atom is 0.223 e. The van der Waals surface area contributed by atoms with Crippen LogP contribution in [0.25, 0.3) is 0 Å². The van der Waals surface area contributed by atoms with Gasteiger partial charge < -0.3 is 15.5 Å². The Labute approximate surface area is 121 Å². The first kappa shape index (κ1) is 15.3. The molecular formula is C15H27N3O2. The summed E-state index contributed by atoms with van der Waals surface area (Å²) in [5, 5.41) is 6.04. The van der Waals surface area contributed by atoms with Crippen molar-refractivity contribution in [2.24, 2.45) is 11.3 Å². The van der Waals surface area contributed by atoms with E-state index in [1.807, 2.05) is 11.9 Å². The molecular weight excluding hydrogens is 254 g/mol. The van der Waals surface area contributed by atoms with E-state index < -0.39 is 0 Å². The molecule has 20 heavy (non-hydrogen) atoms. The van der Waals surface area contributed by atoms with Crippen LogP contribution in [-0.2, 0) is 9.59 Å². The molecule has 0 unspecified atom stereocenters. The van der Waals surface area contributed by atoms with Crippen LogP contribution >= 0.6 is 0 Å². The molecule has 5 heteroatoms. The lowest BCUT2D eigenvalue weighted by Gasteiger charge is -2.44. The quantitative estimate of drug-likeness (QED) is 0.577. The number of amides is 2. The first-order valence-electron chi connectivity index (χ1n) is 7.81. The number of rotatable bonds is 5. The Bertz CT molecular complexity index is 328. The third kappa shape index (κ3) is 3.72. The van der Waals surface area contributed by atoms with E-state index in [0.717, 1.165) is 64.6 Å². The number of likely N-dealkylation sites (tertiary alicyclic amines) is 1. The van der Waals surface area contributed by atoms with Gasteiger partial charge in [0, 0.05) is 32.1 Å². The van der Waals surface area contributed by atoms with Gasteiger partial charge in [0.2, 0.25) is 12.3 Å². The van der Waals surface area contributed by atoms with Gasteiger partial charge in [-0.1, -0.05) is 0 Å². The van der Waals surface area contributed by atoms with Crippen molar-refractivity contribution in [1.82, 2.24) is 15.5 Å². The first-order chi connectivity index (χ1) is 9.69. The normalized spacial score (nSPS) is 22.8. The minimum absolute atomic E-state index is 0.196. The third-order valence-electron chi connectivity index (χ3n) is 5.10. The predicted molar refractivity (Wildman–Crippen MR) is 78.2 cm³/mol. The highest BCUT2D eigenvalue weighted by molar-refractivity contribution is 5.78. The molecule has 2 rings (SSSR count). The Balaban J connectivity index is 1.75. The van der Waals surface area contributed by atoms with E-state index in [0.29, 0.717) is 12.0 Å². The molecule has 0 aromatic heterocycles. The summed E-state index contributed by atoms with van der Waals surface area (Å²) in [5.74, 6) is 0.419. The average Bonchev–Trinajstić information content (AvgIpc) is 2.49. The van der Waals surface area contributed by atoms with Crippen molar-refractivity contribution in [3.63, 3.8) is 0 Å². The molecule has 2 fully saturated rings. The maximum absolute atomic E-state index is 12.0. The molecule has 1 aliphatic carbocycles. The van der Waals surface area contributed by atoms with Crippen LogP contribution in [0, 0.1) is 11.3 Å². The van der Waals surface area contributed by atoms with E-state index in [4.69, 9.17) is 0 Å². The molecule has 1 heterocycles. The van der Waals surface area contributed by atoms with Crippen LogP contribution in [0.15, 0.2) is 0 Å². The van der Waals surface area contributed by atoms with Crippen molar-refractivity contribution >= 4 is 12.3 Å². The first-order valence-corrected chi connectivity index (χ1v) is 7.81. The standard InChI is InChI=1S/C15H27N3O2/c1-16-8-9-17-14(20)13-2-4-15(5-3-13)6-10-18(12-19)11-7-15/h12-13,16H,2-11H2,1H3,(H,17,20). The minimum atomic E-state index is 0.196. The molecule has 114 valence electrons. The Morgan fingerprint density at radius 3 is 2.40 bits per heavy atom. The SMILES string of the molecule is CNCCNC(=O)C1CCC2(CC1)CCN(C=O)CC2. The zero-order valence-corrected chi connectivity index (χ0v) is 12.5. The molecule has 1 saturated heterocycles. The predicted octanol–water partition coefficient (Wildman–Crippen LogP) is 0.751. The van der Waals surface area contributed by atoms with Crippen LogP contribution in [0.5, 0.6) is 0 Å². The number of piperidine rings is 1. The van der Waals surface area contributed by atoms with E-state index in [-0.39, 0.29) is 11.8 Å². The van der Waals surface area contributed by atoms with Crippen LogP contribution in [0.2, 0.25) is 0 Å². The van der Waals surface area contributed by atoms with Gasteiger partial charge in [-0.2, -0.15) is 0 Å². The lowest BCUT2D eigenvalue weighted by molar-refractivity contribution is -0.127. The largest absolute Gasteiger partial charge is 0.355 e. The molecule has 2 aliphatic rings. The monoisotopic (exact) mass is 281 g/mol. The molecule has 0 atom stereocenters. The molecule has 2 amide bonds. The molecule has 2 N–H and O–H groups in total.